The summed E-state index contributed by atoms with van der Waals surface area (Å²) in [5, 5.41) is 0. The molecule has 0 N–H and O–H groups in total. The first-order valence-electron chi connectivity index (χ1n) is 6.75. The second-order valence-corrected chi connectivity index (χ2v) is 7.03. The average molecular weight is 225 g/mol. The highest BCUT2D eigenvalue weighted by molar-refractivity contribution is 4.97. The molecule has 0 spiro atoms. The minimum absolute atomic E-state index is 0.0217. The Kier molecular flexibility index (Phi) is 3.33. The molecule has 1 saturated heterocycles. The molecule has 0 radical (unpaired) electrons. The molecule has 0 unspecified atom stereocenters. The summed E-state index contributed by atoms with van der Waals surface area (Å²) >= 11 is 0. The Hall–Kier alpha value is -0.0800. The van der Waals surface area contributed by atoms with Gasteiger partial charge in [0.05, 0.1) is 12.2 Å². The zero-order valence-electron chi connectivity index (χ0n) is 11.4. The molecule has 2 aliphatic rings. The van der Waals surface area contributed by atoms with Crippen molar-refractivity contribution in [2.75, 3.05) is 26.2 Å². The second kappa shape index (κ2) is 4.30. The van der Waals surface area contributed by atoms with E-state index >= 15 is 0 Å². The molecule has 0 aromatic rings. The van der Waals surface area contributed by atoms with Gasteiger partial charge in [-0.2, -0.15) is 0 Å². The van der Waals surface area contributed by atoms with Crippen molar-refractivity contribution in [2.45, 2.75) is 52.6 Å². The van der Waals surface area contributed by atoms with Gasteiger partial charge in [0.25, 0.3) is 0 Å². The zero-order valence-corrected chi connectivity index (χ0v) is 11.4. The minimum Gasteiger partial charge on any atom is -0.375 e. The Labute approximate surface area is 100 Å². The van der Waals surface area contributed by atoms with Gasteiger partial charge in [0.1, 0.15) is 0 Å². The van der Waals surface area contributed by atoms with Crippen molar-refractivity contribution < 1.29 is 4.74 Å². The van der Waals surface area contributed by atoms with Gasteiger partial charge in [-0.1, -0.05) is 6.92 Å². The van der Waals surface area contributed by atoms with Crippen LogP contribution in [0.15, 0.2) is 0 Å². The van der Waals surface area contributed by atoms with E-state index in [1.54, 1.807) is 0 Å². The fraction of sp³-hybridized carbons (Fsp3) is 1.00. The van der Waals surface area contributed by atoms with Crippen LogP contribution in [0.3, 0.4) is 0 Å². The molecule has 2 heteroatoms. The number of nitrogens with zero attached hydrogens (tertiary/aromatic N) is 1. The standard InChI is InChI=1S/C14H27NO/c1-12-5-8-15(9-12)10-14(6-7-14)11-16-13(2,3)4/h12H,5-11H2,1-4H3/t12-/m1/s1. The number of hydrogen-bond acceptors (Lipinski definition) is 2. The first-order chi connectivity index (χ1) is 7.39. The average Bonchev–Trinajstić information content (AvgIpc) is 2.80. The second-order valence-electron chi connectivity index (χ2n) is 7.03. The van der Waals surface area contributed by atoms with Crippen molar-refractivity contribution in [1.29, 1.82) is 0 Å². The Morgan fingerprint density at radius 2 is 2.00 bits per heavy atom. The SMILES string of the molecule is C[C@@H]1CCN(CC2(COC(C)(C)C)CC2)C1. The van der Waals surface area contributed by atoms with Crippen molar-refractivity contribution in [3.8, 4) is 0 Å². The Bertz CT molecular complexity index is 240. The maximum Gasteiger partial charge on any atom is 0.0598 e. The number of likely N-dealkylation sites (tertiary alicyclic amines) is 1. The van der Waals surface area contributed by atoms with Crippen LogP contribution in [0.4, 0.5) is 0 Å². The molecule has 1 atom stereocenters. The molecule has 1 aliphatic heterocycles. The highest BCUT2D eigenvalue weighted by atomic mass is 16.5. The third-order valence-electron chi connectivity index (χ3n) is 3.84. The molecule has 0 amide bonds. The van der Waals surface area contributed by atoms with Crippen LogP contribution in [0.1, 0.15) is 47.0 Å². The van der Waals surface area contributed by atoms with Crippen molar-refractivity contribution in [3.63, 3.8) is 0 Å². The predicted octanol–water partition coefficient (Wildman–Crippen LogP) is 2.92. The lowest BCUT2D eigenvalue weighted by Crippen LogP contribution is -2.33. The third-order valence-corrected chi connectivity index (χ3v) is 3.84. The van der Waals surface area contributed by atoms with E-state index in [-0.39, 0.29) is 5.60 Å². The van der Waals surface area contributed by atoms with Crippen LogP contribution in [-0.2, 0) is 4.74 Å². The molecule has 2 nitrogen and oxygen atoms in total. The highest BCUT2D eigenvalue weighted by Crippen LogP contribution is 2.47. The maximum atomic E-state index is 5.97. The van der Waals surface area contributed by atoms with Gasteiger partial charge in [-0.3, -0.25) is 0 Å². The van der Waals surface area contributed by atoms with E-state index < -0.39 is 0 Å². The molecule has 0 aromatic carbocycles. The topological polar surface area (TPSA) is 12.5 Å². The van der Waals surface area contributed by atoms with Crippen LogP contribution in [-0.4, -0.2) is 36.7 Å². The van der Waals surface area contributed by atoms with Gasteiger partial charge in [0.15, 0.2) is 0 Å². The minimum atomic E-state index is 0.0217. The molecule has 1 aliphatic carbocycles. The summed E-state index contributed by atoms with van der Waals surface area (Å²) in [7, 11) is 0. The fourth-order valence-corrected chi connectivity index (χ4v) is 2.54. The molecular formula is C14H27NO. The van der Waals surface area contributed by atoms with E-state index in [0.717, 1.165) is 12.5 Å². The van der Waals surface area contributed by atoms with Crippen molar-refractivity contribution in [1.82, 2.24) is 4.90 Å². The fourth-order valence-electron chi connectivity index (χ4n) is 2.54. The summed E-state index contributed by atoms with van der Waals surface area (Å²) in [5.41, 5.74) is 0.533. The molecule has 16 heavy (non-hydrogen) atoms. The molecule has 94 valence electrons. The Balaban J connectivity index is 1.76. The Morgan fingerprint density at radius 3 is 2.44 bits per heavy atom. The number of ether oxygens (including phenoxy) is 1. The molecule has 1 heterocycles. The van der Waals surface area contributed by atoms with Gasteiger partial charge in [-0.05, 0) is 52.5 Å². The predicted molar refractivity (Wildman–Crippen MR) is 67.6 cm³/mol. The monoisotopic (exact) mass is 225 g/mol. The summed E-state index contributed by atoms with van der Waals surface area (Å²) < 4.78 is 5.97. The molecule has 2 fully saturated rings. The van der Waals surface area contributed by atoms with Gasteiger partial charge in [-0.25, -0.2) is 0 Å². The summed E-state index contributed by atoms with van der Waals surface area (Å²) in [6.45, 7) is 13.7. The van der Waals surface area contributed by atoms with Crippen LogP contribution >= 0.6 is 0 Å². The lowest BCUT2D eigenvalue weighted by Gasteiger charge is -2.27. The molecule has 2 rings (SSSR count). The largest absolute Gasteiger partial charge is 0.375 e. The van der Waals surface area contributed by atoms with Crippen LogP contribution in [0.25, 0.3) is 0 Å². The van der Waals surface area contributed by atoms with Gasteiger partial charge in [0, 0.05) is 18.5 Å². The summed E-state index contributed by atoms with van der Waals surface area (Å²) in [6, 6.07) is 0. The van der Waals surface area contributed by atoms with E-state index in [2.05, 4.69) is 32.6 Å². The summed E-state index contributed by atoms with van der Waals surface area (Å²) in [5.74, 6) is 0.902. The zero-order chi connectivity index (χ0) is 11.8. The first-order valence-corrected chi connectivity index (χ1v) is 6.75. The highest BCUT2D eigenvalue weighted by Gasteiger charge is 2.45. The van der Waals surface area contributed by atoms with Gasteiger partial charge < -0.3 is 9.64 Å². The van der Waals surface area contributed by atoms with Crippen LogP contribution in [0.5, 0.6) is 0 Å². The number of hydrogen-bond donors (Lipinski definition) is 0. The van der Waals surface area contributed by atoms with Crippen molar-refractivity contribution in [3.05, 3.63) is 0 Å². The van der Waals surface area contributed by atoms with E-state index in [4.69, 9.17) is 4.74 Å². The van der Waals surface area contributed by atoms with Crippen LogP contribution in [0, 0.1) is 11.3 Å². The lowest BCUT2D eigenvalue weighted by atomic mass is 10.1. The smallest absolute Gasteiger partial charge is 0.0598 e. The Morgan fingerprint density at radius 1 is 1.31 bits per heavy atom. The van der Waals surface area contributed by atoms with Gasteiger partial charge >= 0.3 is 0 Å². The first kappa shape index (κ1) is 12.4. The van der Waals surface area contributed by atoms with Crippen molar-refractivity contribution >= 4 is 0 Å². The number of rotatable bonds is 4. The van der Waals surface area contributed by atoms with E-state index in [0.29, 0.717) is 5.41 Å². The maximum absolute atomic E-state index is 5.97. The van der Waals surface area contributed by atoms with Gasteiger partial charge in [-0.15, -0.1) is 0 Å². The third kappa shape index (κ3) is 3.46. The molecule has 0 aromatic heterocycles. The van der Waals surface area contributed by atoms with E-state index in [9.17, 15) is 0 Å². The van der Waals surface area contributed by atoms with E-state index in [1.165, 1.54) is 38.9 Å². The summed E-state index contributed by atoms with van der Waals surface area (Å²) in [6.07, 6.45) is 4.12. The summed E-state index contributed by atoms with van der Waals surface area (Å²) in [4.78, 5) is 2.64. The molecule has 0 bridgehead atoms. The van der Waals surface area contributed by atoms with Crippen molar-refractivity contribution in [2.24, 2.45) is 11.3 Å². The molecular weight excluding hydrogens is 198 g/mol. The lowest BCUT2D eigenvalue weighted by molar-refractivity contribution is -0.0330. The van der Waals surface area contributed by atoms with Crippen LogP contribution < -0.4 is 0 Å². The molecule has 1 saturated carbocycles. The van der Waals surface area contributed by atoms with E-state index in [1.807, 2.05) is 0 Å². The quantitative estimate of drug-likeness (QED) is 0.729. The van der Waals surface area contributed by atoms with Gasteiger partial charge in [0.2, 0.25) is 0 Å². The van der Waals surface area contributed by atoms with Crippen LogP contribution in [0.2, 0.25) is 0 Å². The normalized spacial score (nSPS) is 29.6.